The van der Waals surface area contributed by atoms with E-state index in [-0.39, 0.29) is 4.75 Å². The van der Waals surface area contributed by atoms with Gasteiger partial charge in [0.1, 0.15) is 0 Å². The summed E-state index contributed by atoms with van der Waals surface area (Å²) in [6, 6.07) is 2.85. The zero-order chi connectivity index (χ0) is 11.2. The predicted octanol–water partition coefficient (Wildman–Crippen LogP) is 3.35. The average molecular weight is 214 g/mol. The summed E-state index contributed by atoms with van der Waals surface area (Å²) in [6.45, 7) is 10.6. The Kier molecular flexibility index (Phi) is 6.22. The summed E-state index contributed by atoms with van der Waals surface area (Å²) in [5.41, 5.74) is 0. The number of nitrogens with one attached hydrogen (secondary N) is 1. The van der Waals surface area contributed by atoms with Crippen LogP contribution in [0.15, 0.2) is 0 Å². The van der Waals surface area contributed by atoms with Crippen LogP contribution in [0.2, 0.25) is 0 Å². The highest BCUT2D eigenvalue weighted by Crippen LogP contribution is 2.30. The van der Waals surface area contributed by atoms with Gasteiger partial charge in [-0.05, 0) is 33.6 Å². The van der Waals surface area contributed by atoms with Gasteiger partial charge in [-0.25, -0.2) is 0 Å². The van der Waals surface area contributed by atoms with Crippen LogP contribution in [0.3, 0.4) is 0 Å². The Labute approximate surface area is 92.6 Å². The minimum atomic E-state index is 0.276. The van der Waals surface area contributed by atoms with Crippen molar-refractivity contribution in [3.63, 3.8) is 0 Å². The summed E-state index contributed by atoms with van der Waals surface area (Å²) in [7, 11) is 0. The zero-order valence-corrected chi connectivity index (χ0v) is 10.7. The Morgan fingerprint density at radius 3 is 2.14 bits per heavy atom. The van der Waals surface area contributed by atoms with Crippen LogP contribution in [-0.4, -0.2) is 10.8 Å². The summed E-state index contributed by atoms with van der Waals surface area (Å²) in [5.74, 6) is 0.308. The van der Waals surface area contributed by atoms with Gasteiger partial charge in [0.05, 0.1) is 6.07 Å². The summed E-state index contributed by atoms with van der Waals surface area (Å²) in [6.07, 6.45) is 2.05. The Bertz CT molecular complexity index is 184. The van der Waals surface area contributed by atoms with Gasteiger partial charge in [-0.2, -0.15) is 5.26 Å². The summed E-state index contributed by atoms with van der Waals surface area (Å²) >= 11 is 1.77. The highest BCUT2D eigenvalue weighted by atomic mass is 32.2. The van der Waals surface area contributed by atoms with E-state index in [1.807, 2.05) is 13.8 Å². The first-order valence-corrected chi connectivity index (χ1v) is 6.16. The van der Waals surface area contributed by atoms with Gasteiger partial charge in [-0.15, -0.1) is 0 Å². The van der Waals surface area contributed by atoms with Gasteiger partial charge >= 0.3 is 0 Å². The van der Waals surface area contributed by atoms with Crippen molar-refractivity contribution in [2.24, 2.45) is 5.92 Å². The van der Waals surface area contributed by atoms with Gasteiger partial charge in [-0.3, -0.25) is 4.72 Å². The van der Waals surface area contributed by atoms with Crippen LogP contribution >= 0.6 is 11.9 Å². The molecule has 2 nitrogen and oxygen atoms in total. The average Bonchev–Trinajstić information content (AvgIpc) is 2.04. The molecule has 1 N–H and O–H groups in total. The van der Waals surface area contributed by atoms with E-state index in [1.54, 1.807) is 11.9 Å². The van der Waals surface area contributed by atoms with Crippen molar-refractivity contribution in [1.29, 1.82) is 5.26 Å². The molecule has 0 unspecified atom stereocenters. The lowest BCUT2D eigenvalue weighted by Gasteiger charge is -2.33. The molecule has 0 spiro atoms. The van der Waals surface area contributed by atoms with E-state index in [1.165, 1.54) is 0 Å². The van der Waals surface area contributed by atoms with E-state index in [9.17, 15) is 0 Å². The topological polar surface area (TPSA) is 35.8 Å². The molecule has 3 heteroatoms. The monoisotopic (exact) mass is 214 g/mol. The lowest BCUT2D eigenvalue weighted by Crippen LogP contribution is -2.38. The van der Waals surface area contributed by atoms with Crippen LogP contribution in [0.25, 0.3) is 0 Å². The third-order valence-electron chi connectivity index (χ3n) is 1.85. The van der Waals surface area contributed by atoms with E-state index in [0.717, 1.165) is 12.8 Å². The van der Waals surface area contributed by atoms with Crippen LogP contribution in [0.4, 0.5) is 0 Å². The molecular formula is C11H22N2S. The molecule has 14 heavy (non-hydrogen) atoms. The normalized spacial score (nSPS) is 25.4. The maximum atomic E-state index is 8.55. The quantitative estimate of drug-likeness (QED) is 0.716. The second-order valence-corrected chi connectivity index (χ2v) is 5.99. The molecule has 0 amide bonds. The van der Waals surface area contributed by atoms with E-state index in [4.69, 9.17) is 5.26 Å². The van der Waals surface area contributed by atoms with Gasteiger partial charge in [0.15, 0.2) is 0 Å². The SMILES string of the molecule is CC.CC(C)(C)SNC1CC(C#N)C1. The highest BCUT2D eigenvalue weighted by Gasteiger charge is 2.29. The van der Waals surface area contributed by atoms with E-state index >= 15 is 0 Å². The summed E-state index contributed by atoms with van der Waals surface area (Å²) in [4.78, 5) is 0. The van der Waals surface area contributed by atoms with Crippen molar-refractivity contribution in [3.05, 3.63) is 0 Å². The van der Waals surface area contributed by atoms with Crippen molar-refractivity contribution >= 4 is 11.9 Å². The van der Waals surface area contributed by atoms with Crippen LogP contribution < -0.4 is 4.72 Å². The van der Waals surface area contributed by atoms with Crippen molar-refractivity contribution in [1.82, 2.24) is 4.72 Å². The molecule has 0 aromatic carbocycles. The van der Waals surface area contributed by atoms with Crippen molar-refractivity contribution in [2.45, 2.75) is 58.2 Å². The van der Waals surface area contributed by atoms with Crippen molar-refractivity contribution < 1.29 is 0 Å². The van der Waals surface area contributed by atoms with Gasteiger partial charge in [0.2, 0.25) is 0 Å². The lowest BCUT2D eigenvalue weighted by molar-refractivity contribution is 0.314. The maximum absolute atomic E-state index is 8.55. The first-order chi connectivity index (χ1) is 6.51. The summed E-state index contributed by atoms with van der Waals surface area (Å²) < 4.78 is 3.66. The third kappa shape index (κ3) is 5.51. The van der Waals surface area contributed by atoms with E-state index in [2.05, 4.69) is 31.6 Å². The van der Waals surface area contributed by atoms with Gasteiger partial charge in [-0.1, -0.05) is 25.8 Å². The first kappa shape index (κ1) is 13.8. The fourth-order valence-electron chi connectivity index (χ4n) is 1.08. The molecule has 1 rings (SSSR count). The van der Waals surface area contributed by atoms with Crippen LogP contribution in [0.5, 0.6) is 0 Å². The molecule has 1 saturated carbocycles. The van der Waals surface area contributed by atoms with Crippen LogP contribution in [-0.2, 0) is 0 Å². The Hall–Kier alpha value is -0.200. The Morgan fingerprint density at radius 2 is 1.79 bits per heavy atom. The minimum absolute atomic E-state index is 0.276. The van der Waals surface area contributed by atoms with Crippen LogP contribution in [0, 0.1) is 17.2 Å². The van der Waals surface area contributed by atoms with Crippen molar-refractivity contribution in [3.8, 4) is 6.07 Å². The molecule has 0 heterocycles. The molecule has 1 aliphatic rings. The molecule has 0 aliphatic heterocycles. The molecule has 1 aliphatic carbocycles. The molecule has 1 fully saturated rings. The standard InChI is InChI=1S/C9H16N2S.C2H6/c1-9(2,3)12-11-8-4-7(5-8)6-10;1-2/h7-8,11H,4-5H2,1-3H3;1-2H3. The van der Waals surface area contributed by atoms with Crippen LogP contribution in [0.1, 0.15) is 47.5 Å². The number of hydrogen-bond donors (Lipinski definition) is 1. The Morgan fingerprint density at radius 1 is 1.29 bits per heavy atom. The fraction of sp³-hybridized carbons (Fsp3) is 0.909. The number of hydrogen-bond acceptors (Lipinski definition) is 3. The lowest BCUT2D eigenvalue weighted by atomic mass is 9.82. The van der Waals surface area contributed by atoms with Gasteiger partial charge < -0.3 is 0 Å². The fourth-order valence-corrected chi connectivity index (χ4v) is 1.79. The van der Waals surface area contributed by atoms with E-state index < -0.39 is 0 Å². The van der Waals surface area contributed by atoms with Gasteiger partial charge in [0.25, 0.3) is 0 Å². The molecule has 0 bridgehead atoms. The summed E-state index contributed by atoms with van der Waals surface area (Å²) in [5, 5.41) is 8.55. The number of nitriles is 1. The second-order valence-electron chi connectivity index (χ2n) is 4.33. The smallest absolute Gasteiger partial charge is 0.0657 e. The predicted molar refractivity (Wildman–Crippen MR) is 64.0 cm³/mol. The number of nitrogens with zero attached hydrogens (tertiary/aromatic N) is 1. The molecule has 0 atom stereocenters. The highest BCUT2D eigenvalue weighted by molar-refractivity contribution is 7.98. The largest absolute Gasteiger partial charge is 0.261 e. The molecule has 0 aromatic heterocycles. The molecule has 0 saturated heterocycles. The second kappa shape index (κ2) is 6.31. The molecule has 0 aromatic rings. The Balaban J connectivity index is 0.000000791. The molecule has 0 radical (unpaired) electrons. The zero-order valence-electron chi connectivity index (χ0n) is 9.92. The first-order valence-electron chi connectivity index (χ1n) is 5.34. The van der Waals surface area contributed by atoms with Gasteiger partial charge in [0, 0.05) is 16.7 Å². The van der Waals surface area contributed by atoms with Crippen molar-refractivity contribution in [2.75, 3.05) is 0 Å². The molecular weight excluding hydrogens is 192 g/mol. The maximum Gasteiger partial charge on any atom is 0.0657 e. The minimum Gasteiger partial charge on any atom is -0.261 e. The molecule has 82 valence electrons. The third-order valence-corrected chi connectivity index (χ3v) is 2.92. The number of rotatable bonds is 2. The van der Waals surface area contributed by atoms with E-state index in [0.29, 0.717) is 12.0 Å².